The smallest absolute Gasteiger partial charge is 0.329 e. The van der Waals surface area contributed by atoms with Crippen molar-refractivity contribution in [3.63, 3.8) is 0 Å². The lowest BCUT2D eigenvalue weighted by molar-refractivity contribution is -0.148. The van der Waals surface area contributed by atoms with E-state index in [1.54, 1.807) is 0 Å². The Labute approximate surface area is 118 Å². The quantitative estimate of drug-likeness (QED) is 0.734. The molecule has 0 bridgehead atoms. The zero-order valence-electron chi connectivity index (χ0n) is 12.1. The molecule has 1 heterocycles. The third kappa shape index (κ3) is 3.02. The minimum atomic E-state index is -1.16. The fourth-order valence-corrected chi connectivity index (χ4v) is 2.68. The van der Waals surface area contributed by atoms with Gasteiger partial charge in [-0.3, -0.25) is 0 Å². The Balaban J connectivity index is 2.85. The van der Waals surface area contributed by atoms with E-state index in [-0.39, 0.29) is 0 Å². The average molecular weight is 286 g/mol. The molecule has 1 fully saturated rings. The molecule has 2 amide bonds. The molecule has 2 atom stereocenters. The minimum absolute atomic E-state index is 0.381. The molecule has 2 unspecified atom stereocenters. The normalized spacial score (nSPS) is 23.2. The molecule has 0 aromatic carbocycles. The molecule has 7 heteroatoms. The van der Waals surface area contributed by atoms with Crippen molar-refractivity contribution in [2.45, 2.75) is 51.1 Å². The summed E-state index contributed by atoms with van der Waals surface area (Å²) in [7, 11) is 1.24. The highest BCUT2D eigenvalue weighted by molar-refractivity contribution is 5.89. The number of carboxylic acids is 1. The van der Waals surface area contributed by atoms with Crippen LogP contribution in [0.25, 0.3) is 0 Å². The van der Waals surface area contributed by atoms with Crippen LogP contribution in [-0.4, -0.2) is 53.2 Å². The van der Waals surface area contributed by atoms with E-state index in [4.69, 9.17) is 0 Å². The number of ether oxygens (including phenoxy) is 1. The highest BCUT2D eigenvalue weighted by atomic mass is 16.5. The lowest BCUT2D eigenvalue weighted by atomic mass is 9.91. The molecule has 0 radical (unpaired) electrons. The summed E-state index contributed by atoms with van der Waals surface area (Å²) in [6.07, 6.45) is 2.16. The first-order valence-corrected chi connectivity index (χ1v) is 6.78. The average Bonchev–Trinajstić information content (AvgIpc) is 2.83. The first-order chi connectivity index (χ1) is 9.39. The van der Waals surface area contributed by atoms with Crippen LogP contribution < -0.4 is 5.32 Å². The molecule has 1 aliphatic rings. The molecule has 0 aliphatic carbocycles. The van der Waals surface area contributed by atoms with Gasteiger partial charge in [0.15, 0.2) is 0 Å². The van der Waals surface area contributed by atoms with Crippen molar-refractivity contribution < 1.29 is 24.2 Å². The standard InChI is InChI=1S/C13H22N2O5/c1-4-6-13(11(17)18)7-5-8-15(13)12(19)14-9(2)10(16)20-3/h9H,4-8H2,1-3H3,(H,14,19)(H,17,18). The number of likely N-dealkylation sites (tertiary alicyclic amines) is 1. The van der Waals surface area contributed by atoms with Crippen molar-refractivity contribution >= 4 is 18.0 Å². The number of aliphatic carboxylic acids is 1. The third-order valence-corrected chi connectivity index (χ3v) is 3.69. The van der Waals surface area contributed by atoms with Gasteiger partial charge in [-0.05, 0) is 26.2 Å². The molecule has 20 heavy (non-hydrogen) atoms. The van der Waals surface area contributed by atoms with Crippen molar-refractivity contribution in [2.24, 2.45) is 0 Å². The lowest BCUT2D eigenvalue weighted by Gasteiger charge is -2.35. The van der Waals surface area contributed by atoms with Crippen LogP contribution in [0.1, 0.15) is 39.5 Å². The van der Waals surface area contributed by atoms with Crippen LogP contribution in [0.3, 0.4) is 0 Å². The van der Waals surface area contributed by atoms with E-state index in [0.717, 1.165) is 0 Å². The highest BCUT2D eigenvalue weighted by Gasteiger charge is 2.49. The largest absolute Gasteiger partial charge is 0.479 e. The summed E-state index contributed by atoms with van der Waals surface area (Å²) in [6, 6.07) is -1.34. The van der Waals surface area contributed by atoms with E-state index < -0.39 is 29.6 Å². The van der Waals surface area contributed by atoms with Gasteiger partial charge in [0, 0.05) is 6.54 Å². The lowest BCUT2D eigenvalue weighted by Crippen LogP contribution is -2.57. The highest BCUT2D eigenvalue weighted by Crippen LogP contribution is 2.34. The number of carbonyl (C=O) groups is 3. The fraction of sp³-hybridized carbons (Fsp3) is 0.769. The molecular weight excluding hydrogens is 264 g/mol. The van der Waals surface area contributed by atoms with Gasteiger partial charge in [-0.1, -0.05) is 13.3 Å². The number of methoxy groups -OCH3 is 1. The van der Waals surface area contributed by atoms with E-state index in [1.165, 1.54) is 18.9 Å². The molecule has 114 valence electrons. The molecule has 1 saturated heterocycles. The number of esters is 1. The maximum absolute atomic E-state index is 12.2. The van der Waals surface area contributed by atoms with E-state index in [0.29, 0.717) is 32.2 Å². The number of hydrogen-bond acceptors (Lipinski definition) is 4. The predicted molar refractivity (Wildman–Crippen MR) is 71.2 cm³/mol. The number of nitrogens with zero attached hydrogens (tertiary/aromatic N) is 1. The monoisotopic (exact) mass is 286 g/mol. The Kier molecular flexibility index (Phi) is 5.35. The van der Waals surface area contributed by atoms with Crippen LogP contribution in [0, 0.1) is 0 Å². The topological polar surface area (TPSA) is 95.9 Å². The Hall–Kier alpha value is -1.79. The molecule has 0 aromatic heterocycles. The number of carboxylic acid groups (broad SMARTS) is 1. The van der Waals surface area contributed by atoms with Gasteiger partial charge in [-0.2, -0.15) is 0 Å². The summed E-state index contributed by atoms with van der Waals surface area (Å²) < 4.78 is 4.53. The van der Waals surface area contributed by atoms with E-state index >= 15 is 0 Å². The molecule has 7 nitrogen and oxygen atoms in total. The SMILES string of the molecule is CCCC1(C(=O)O)CCCN1C(=O)NC(C)C(=O)OC. The van der Waals surface area contributed by atoms with Crippen molar-refractivity contribution in [3.05, 3.63) is 0 Å². The summed E-state index contributed by atoms with van der Waals surface area (Å²) >= 11 is 0. The summed E-state index contributed by atoms with van der Waals surface area (Å²) in [4.78, 5) is 36.4. The second-order valence-corrected chi connectivity index (χ2v) is 5.04. The minimum Gasteiger partial charge on any atom is -0.479 e. The van der Waals surface area contributed by atoms with Crippen LogP contribution in [0.15, 0.2) is 0 Å². The number of rotatable bonds is 5. The maximum Gasteiger partial charge on any atom is 0.329 e. The number of nitrogens with one attached hydrogen (secondary N) is 1. The fourth-order valence-electron chi connectivity index (χ4n) is 2.68. The molecule has 0 saturated carbocycles. The van der Waals surface area contributed by atoms with Crippen molar-refractivity contribution in [1.29, 1.82) is 0 Å². The van der Waals surface area contributed by atoms with Gasteiger partial charge in [-0.15, -0.1) is 0 Å². The van der Waals surface area contributed by atoms with Gasteiger partial charge in [0.1, 0.15) is 11.6 Å². The van der Waals surface area contributed by atoms with Crippen LogP contribution in [-0.2, 0) is 14.3 Å². The molecule has 1 rings (SSSR count). The number of carbonyl (C=O) groups excluding carboxylic acids is 2. The van der Waals surface area contributed by atoms with Crippen molar-refractivity contribution in [3.8, 4) is 0 Å². The summed E-state index contributed by atoms with van der Waals surface area (Å²) in [5.74, 6) is -1.55. The van der Waals surface area contributed by atoms with Crippen molar-refractivity contribution in [1.82, 2.24) is 10.2 Å². The molecule has 0 spiro atoms. The molecule has 2 N–H and O–H groups in total. The maximum atomic E-state index is 12.2. The Bertz CT molecular complexity index is 398. The van der Waals surface area contributed by atoms with E-state index in [9.17, 15) is 19.5 Å². The summed E-state index contributed by atoms with van der Waals surface area (Å²) in [6.45, 7) is 3.77. The Morgan fingerprint density at radius 3 is 2.60 bits per heavy atom. The first-order valence-electron chi connectivity index (χ1n) is 6.78. The zero-order chi connectivity index (χ0) is 15.3. The number of hydrogen-bond donors (Lipinski definition) is 2. The Morgan fingerprint density at radius 1 is 1.45 bits per heavy atom. The first kappa shape index (κ1) is 16.3. The summed E-state index contributed by atoms with van der Waals surface area (Å²) in [5, 5.41) is 12.0. The Morgan fingerprint density at radius 2 is 2.10 bits per heavy atom. The molecule has 0 aromatic rings. The third-order valence-electron chi connectivity index (χ3n) is 3.69. The van der Waals surface area contributed by atoms with E-state index in [2.05, 4.69) is 10.1 Å². The van der Waals surface area contributed by atoms with Crippen LogP contribution >= 0.6 is 0 Å². The van der Waals surface area contributed by atoms with Gasteiger partial charge in [0.05, 0.1) is 7.11 Å². The molecular formula is C13H22N2O5. The van der Waals surface area contributed by atoms with E-state index in [1.807, 2.05) is 6.92 Å². The van der Waals surface area contributed by atoms with Gasteiger partial charge in [0.25, 0.3) is 0 Å². The number of urea groups is 1. The zero-order valence-corrected chi connectivity index (χ0v) is 12.1. The van der Waals surface area contributed by atoms with Crippen molar-refractivity contribution in [2.75, 3.05) is 13.7 Å². The predicted octanol–water partition coefficient (Wildman–Crippen LogP) is 0.977. The van der Waals surface area contributed by atoms with Crippen LogP contribution in [0.5, 0.6) is 0 Å². The van der Waals surface area contributed by atoms with Gasteiger partial charge < -0.3 is 20.1 Å². The second kappa shape index (κ2) is 6.58. The second-order valence-electron chi connectivity index (χ2n) is 5.04. The van der Waals surface area contributed by atoms with Crippen LogP contribution in [0.2, 0.25) is 0 Å². The van der Waals surface area contributed by atoms with Gasteiger partial charge in [-0.25, -0.2) is 14.4 Å². The van der Waals surface area contributed by atoms with Crippen LogP contribution in [0.4, 0.5) is 4.79 Å². The van der Waals surface area contributed by atoms with Gasteiger partial charge >= 0.3 is 18.0 Å². The summed E-state index contributed by atoms with van der Waals surface area (Å²) in [5.41, 5.74) is -1.16. The molecule has 1 aliphatic heterocycles. The van der Waals surface area contributed by atoms with Gasteiger partial charge in [0.2, 0.25) is 0 Å². The number of amides is 2.